The van der Waals surface area contributed by atoms with Crippen LogP contribution in [0.2, 0.25) is 0 Å². The van der Waals surface area contributed by atoms with Gasteiger partial charge in [0, 0.05) is 5.69 Å². The molecule has 0 atom stereocenters. The number of benzene rings is 1. The fourth-order valence-corrected chi connectivity index (χ4v) is 1.39. The minimum atomic E-state index is 0.994. The van der Waals surface area contributed by atoms with E-state index in [1.165, 1.54) is 17.9 Å². The summed E-state index contributed by atoms with van der Waals surface area (Å²) in [5.41, 5.74) is 3.17. The van der Waals surface area contributed by atoms with Crippen molar-refractivity contribution >= 4 is 16.4 Å². The van der Waals surface area contributed by atoms with Crippen LogP contribution in [0, 0.1) is 19.9 Å². The number of hydrogen-bond donors (Lipinski definition) is 0. The summed E-state index contributed by atoms with van der Waals surface area (Å²) in [6, 6.07) is 13.0. The molecule has 1 aromatic heterocycles. The predicted octanol–water partition coefficient (Wildman–Crippen LogP) is 2.58. The van der Waals surface area contributed by atoms with E-state index in [-0.39, 0.29) is 0 Å². The van der Waals surface area contributed by atoms with E-state index in [4.69, 9.17) is 4.79 Å². The Balaban J connectivity index is 0.000000581. The topological polar surface area (TPSA) is 34.9 Å². The number of para-hydroxylation sites is 1. The Hall–Kier alpha value is -0.961. The molecular weight excluding hydrogens is 416 g/mol. The molecule has 5 heteroatoms. The number of hydrogen-bond acceptors (Lipinski definition) is 2. The SMILES string of the molecule is Cc1cc(C)n(-c2[c-]cccc2)n1.[C-]=O.[Cl][Ir+2]. The summed E-state index contributed by atoms with van der Waals surface area (Å²) in [5, 5.41) is 4.37. The Morgan fingerprint density at radius 3 is 2.41 bits per heavy atom. The van der Waals surface area contributed by atoms with Gasteiger partial charge in [0.05, 0.1) is 5.69 Å². The fraction of sp³-hybridized carbons (Fsp3) is 0.167. The molecule has 0 aliphatic rings. The van der Waals surface area contributed by atoms with Crippen molar-refractivity contribution in [1.29, 1.82) is 0 Å². The molecule has 2 rings (SSSR count). The molecule has 0 N–H and O–H groups in total. The van der Waals surface area contributed by atoms with E-state index < -0.39 is 0 Å². The van der Waals surface area contributed by atoms with E-state index in [0.29, 0.717) is 0 Å². The van der Waals surface area contributed by atoms with Crippen LogP contribution >= 0.6 is 9.58 Å². The Bertz CT molecular complexity index is 431. The Morgan fingerprint density at radius 1 is 1.35 bits per heavy atom. The maximum absolute atomic E-state index is 7.50. The summed E-state index contributed by atoms with van der Waals surface area (Å²) in [5.74, 6) is 0. The van der Waals surface area contributed by atoms with Gasteiger partial charge in [-0.2, -0.15) is 29.4 Å². The zero-order valence-electron chi connectivity index (χ0n) is 9.40. The molecule has 1 aromatic carbocycles. The third kappa shape index (κ3) is 4.82. The Kier molecular flexibility index (Phi) is 8.59. The predicted molar refractivity (Wildman–Crippen MR) is 63.4 cm³/mol. The number of carbonyl (C=O) groups excluding carboxylic acids is 1. The molecule has 17 heavy (non-hydrogen) atoms. The van der Waals surface area contributed by atoms with Crippen molar-refractivity contribution in [3.63, 3.8) is 0 Å². The maximum atomic E-state index is 7.50. The van der Waals surface area contributed by atoms with Crippen LogP contribution in [0.3, 0.4) is 0 Å². The van der Waals surface area contributed by atoms with E-state index in [1.807, 2.05) is 42.8 Å². The van der Waals surface area contributed by atoms with Crippen LogP contribution in [0.1, 0.15) is 11.4 Å². The third-order valence-corrected chi connectivity index (χ3v) is 1.93. The van der Waals surface area contributed by atoms with Gasteiger partial charge in [0.2, 0.25) is 0 Å². The monoisotopic (exact) mass is 427 g/mol. The fourth-order valence-electron chi connectivity index (χ4n) is 1.39. The first kappa shape index (κ1) is 16.0. The van der Waals surface area contributed by atoms with E-state index >= 15 is 0 Å². The molecule has 0 amide bonds. The van der Waals surface area contributed by atoms with Crippen molar-refractivity contribution in [1.82, 2.24) is 9.78 Å². The average Bonchev–Trinajstić information content (AvgIpc) is 2.74. The summed E-state index contributed by atoms with van der Waals surface area (Å²) in [6.07, 6.45) is 0. The Morgan fingerprint density at radius 2 is 2.00 bits per heavy atom. The molecule has 0 aliphatic carbocycles. The zero-order chi connectivity index (χ0) is 13.3. The normalized spacial score (nSPS) is 8.47. The van der Waals surface area contributed by atoms with Gasteiger partial charge >= 0.3 is 27.5 Å². The minimum absolute atomic E-state index is 0.994. The summed E-state index contributed by atoms with van der Waals surface area (Å²) in [7, 11) is 4.64. The molecule has 2 aromatic rings. The van der Waals surface area contributed by atoms with Gasteiger partial charge in [-0.15, -0.1) is 6.07 Å². The quantitative estimate of drug-likeness (QED) is 0.657. The first-order chi connectivity index (χ1) is 8.27. The van der Waals surface area contributed by atoms with Gasteiger partial charge in [-0.25, -0.2) is 0 Å². The van der Waals surface area contributed by atoms with Gasteiger partial charge in [-0.05, 0) is 25.6 Å². The van der Waals surface area contributed by atoms with Crippen LogP contribution in [-0.2, 0) is 22.7 Å². The van der Waals surface area contributed by atoms with Crippen LogP contribution in [0.5, 0.6) is 0 Å². The molecule has 0 fully saturated rings. The van der Waals surface area contributed by atoms with Gasteiger partial charge in [-0.1, -0.05) is 0 Å². The van der Waals surface area contributed by atoms with Gasteiger partial charge in [0.15, 0.2) is 0 Å². The molecule has 3 nitrogen and oxygen atoms in total. The number of halogens is 1. The average molecular weight is 427 g/mol. The molecule has 0 saturated heterocycles. The molecule has 1 heterocycles. The second-order valence-electron chi connectivity index (χ2n) is 3.09. The van der Waals surface area contributed by atoms with Crippen LogP contribution in [0.15, 0.2) is 30.3 Å². The second-order valence-corrected chi connectivity index (χ2v) is 3.09. The van der Waals surface area contributed by atoms with E-state index in [2.05, 4.69) is 33.6 Å². The van der Waals surface area contributed by atoms with Gasteiger partial charge < -0.3 is 11.6 Å². The van der Waals surface area contributed by atoms with E-state index in [1.54, 1.807) is 0 Å². The van der Waals surface area contributed by atoms with Gasteiger partial charge in [-0.3, -0.25) is 4.68 Å². The van der Waals surface area contributed by atoms with Crippen molar-refractivity contribution in [2.45, 2.75) is 13.8 Å². The van der Waals surface area contributed by atoms with Crippen molar-refractivity contribution < 1.29 is 22.7 Å². The summed E-state index contributed by atoms with van der Waals surface area (Å²) >= 11 is 1.47. The molecule has 91 valence electrons. The molecule has 0 saturated carbocycles. The number of aromatic nitrogens is 2. The molecule has 0 spiro atoms. The summed E-state index contributed by atoms with van der Waals surface area (Å²) in [6.45, 7) is 8.54. The van der Waals surface area contributed by atoms with E-state index in [9.17, 15) is 0 Å². The first-order valence-corrected chi connectivity index (χ1v) is 7.57. The number of nitrogens with zero attached hydrogens (tertiary/aromatic N) is 2. The zero-order valence-corrected chi connectivity index (χ0v) is 12.6. The van der Waals surface area contributed by atoms with Crippen LogP contribution in [-0.4, -0.2) is 16.6 Å². The van der Waals surface area contributed by atoms with Crippen LogP contribution in [0.25, 0.3) is 5.69 Å². The van der Waals surface area contributed by atoms with Crippen LogP contribution in [0.4, 0.5) is 0 Å². The number of aryl methyl sites for hydroxylation is 2. The molecule has 0 aliphatic heterocycles. The van der Waals surface area contributed by atoms with Gasteiger partial charge in [0.1, 0.15) is 0 Å². The molecule has 0 bridgehead atoms. The van der Waals surface area contributed by atoms with Crippen molar-refractivity contribution in [2.24, 2.45) is 0 Å². The summed E-state index contributed by atoms with van der Waals surface area (Å²) < 4.78 is 1.90. The standard InChI is InChI=1S/C11H11N2.CO.ClH.Ir/c1-9-8-10(2)13(12-9)11-6-4-3-5-7-11;1-2;;/h3-6,8H,1-2H3;;1H;/q2*-1;;+3/p-1. The summed E-state index contributed by atoms with van der Waals surface area (Å²) in [4.78, 5) is 7.50. The molecular formula is C12H11ClIrN2O. The Labute approximate surface area is 116 Å². The van der Waals surface area contributed by atoms with E-state index in [0.717, 1.165) is 17.1 Å². The third-order valence-electron chi connectivity index (χ3n) is 1.93. The number of rotatable bonds is 1. The van der Waals surface area contributed by atoms with Crippen molar-refractivity contribution in [2.75, 3.05) is 0 Å². The molecule has 0 unspecified atom stereocenters. The van der Waals surface area contributed by atoms with Crippen LogP contribution < -0.4 is 0 Å². The second kappa shape index (κ2) is 9.11. The molecule has 1 radical (unpaired) electrons. The first-order valence-electron chi connectivity index (χ1n) is 4.61. The van der Waals surface area contributed by atoms with Crippen molar-refractivity contribution in [3.8, 4) is 5.69 Å². The van der Waals surface area contributed by atoms with Crippen molar-refractivity contribution in [3.05, 3.63) is 47.8 Å². The van der Waals surface area contributed by atoms with Gasteiger partial charge in [0.25, 0.3) is 0 Å².